The van der Waals surface area contributed by atoms with Gasteiger partial charge >= 0.3 is 7.82 Å². The lowest BCUT2D eigenvalue weighted by atomic mass is 10.1. The van der Waals surface area contributed by atoms with Crippen molar-refractivity contribution >= 4 is 61.8 Å². The number of fused-ring (bicyclic) bond motifs is 2. The molecular formula is C28H34BrN3O6PS+. The lowest BCUT2D eigenvalue weighted by Crippen LogP contribution is -2.60. The lowest BCUT2D eigenvalue weighted by molar-refractivity contribution is -0.943. The third-order valence-electron chi connectivity index (χ3n) is 7.32. The van der Waals surface area contributed by atoms with Crippen LogP contribution in [0.4, 0.5) is 5.69 Å². The minimum absolute atomic E-state index is 0.103. The van der Waals surface area contributed by atoms with Gasteiger partial charge in [-0.25, -0.2) is 9.09 Å². The predicted octanol–water partition coefficient (Wildman–Crippen LogP) is 5.72. The Morgan fingerprint density at radius 1 is 1.05 bits per heavy atom. The smallest absolute Gasteiger partial charge is 0.476 e. The molecule has 12 heteroatoms. The molecule has 0 amide bonds. The predicted molar refractivity (Wildman–Crippen MR) is 164 cm³/mol. The van der Waals surface area contributed by atoms with Crippen molar-refractivity contribution in [2.24, 2.45) is 0 Å². The Morgan fingerprint density at radius 2 is 1.88 bits per heavy atom. The number of ether oxygens (including phenoxy) is 1. The van der Waals surface area contributed by atoms with E-state index in [-0.39, 0.29) is 18.9 Å². The van der Waals surface area contributed by atoms with Gasteiger partial charge < -0.3 is 19.5 Å². The van der Waals surface area contributed by atoms with E-state index in [4.69, 9.17) is 13.8 Å². The van der Waals surface area contributed by atoms with Crippen molar-refractivity contribution in [1.29, 1.82) is 0 Å². The van der Waals surface area contributed by atoms with Crippen LogP contribution in [0.2, 0.25) is 0 Å². The number of nitrogens with one attached hydrogen (secondary N) is 1. The molecule has 0 aliphatic carbocycles. The number of unbranched alkanes of at least 4 members (excludes halogenated alkanes) is 1. The molecule has 0 radical (unpaired) electrons. The molecule has 9 nitrogen and oxygen atoms in total. The van der Waals surface area contributed by atoms with E-state index < -0.39 is 7.82 Å². The van der Waals surface area contributed by atoms with Crippen molar-refractivity contribution in [3.63, 3.8) is 0 Å². The van der Waals surface area contributed by atoms with E-state index >= 15 is 0 Å². The fourth-order valence-corrected chi connectivity index (χ4v) is 7.15. The van der Waals surface area contributed by atoms with Gasteiger partial charge in [-0.05, 0) is 60.0 Å². The zero-order valence-electron chi connectivity index (χ0n) is 22.2. The molecule has 5 rings (SSSR count). The van der Waals surface area contributed by atoms with Crippen LogP contribution < -0.4 is 15.2 Å². The van der Waals surface area contributed by atoms with Crippen molar-refractivity contribution in [2.75, 3.05) is 62.9 Å². The first-order valence-electron chi connectivity index (χ1n) is 13.4. The fraction of sp³-hybridized carbons (Fsp3) is 0.393. The van der Waals surface area contributed by atoms with Crippen LogP contribution in [0.25, 0.3) is 21.0 Å². The first kappa shape index (κ1) is 29.3. The number of thiophene rings is 1. The second kappa shape index (κ2) is 13.2. The van der Waals surface area contributed by atoms with Crippen LogP contribution in [0, 0.1) is 0 Å². The molecule has 1 aliphatic rings. The van der Waals surface area contributed by atoms with Crippen molar-refractivity contribution in [1.82, 2.24) is 4.98 Å². The zero-order valence-corrected chi connectivity index (χ0v) is 25.5. The second-order valence-corrected chi connectivity index (χ2v) is 13.2. The highest BCUT2D eigenvalue weighted by atomic mass is 79.9. The molecule has 0 saturated carbocycles. The second-order valence-electron chi connectivity index (χ2n) is 9.99. The fourth-order valence-electron chi connectivity index (χ4n) is 5.14. The number of nitrogens with zero attached hydrogens (tertiary/aromatic N) is 2. The van der Waals surface area contributed by atoms with E-state index in [0.29, 0.717) is 22.2 Å². The molecule has 1 fully saturated rings. The maximum absolute atomic E-state index is 12.4. The Bertz CT molecular complexity index is 1540. The maximum atomic E-state index is 12.4. The lowest BCUT2D eigenvalue weighted by Gasteiger charge is -2.45. The van der Waals surface area contributed by atoms with Crippen molar-refractivity contribution in [3.8, 4) is 5.75 Å². The topological polar surface area (TPSA) is 101 Å². The number of hydrogen-bond acceptors (Lipinski definition) is 7. The minimum Gasteiger partial charge on any atom is -0.494 e. The third-order valence-corrected chi connectivity index (χ3v) is 9.48. The van der Waals surface area contributed by atoms with Crippen LogP contribution in [0.1, 0.15) is 12.8 Å². The summed E-state index contributed by atoms with van der Waals surface area (Å²) in [6, 6.07) is 17.6. The van der Waals surface area contributed by atoms with Gasteiger partial charge in [-0.2, -0.15) is 0 Å². The summed E-state index contributed by atoms with van der Waals surface area (Å²) in [6.07, 6.45) is 1.68. The van der Waals surface area contributed by atoms with E-state index in [0.717, 1.165) is 56.5 Å². The van der Waals surface area contributed by atoms with Gasteiger partial charge in [0.1, 0.15) is 5.75 Å². The minimum atomic E-state index is -4.13. The van der Waals surface area contributed by atoms with E-state index in [9.17, 15) is 14.3 Å². The molecule has 2 aromatic heterocycles. The van der Waals surface area contributed by atoms with E-state index in [1.54, 1.807) is 17.4 Å². The highest BCUT2D eigenvalue weighted by Gasteiger charge is 2.36. The van der Waals surface area contributed by atoms with Crippen molar-refractivity contribution < 1.29 is 27.7 Å². The van der Waals surface area contributed by atoms with Gasteiger partial charge in [-0.15, -0.1) is 11.3 Å². The summed E-state index contributed by atoms with van der Waals surface area (Å²) >= 11 is 4.96. The number of rotatable bonds is 13. The molecule has 1 atom stereocenters. The summed E-state index contributed by atoms with van der Waals surface area (Å²) in [4.78, 5) is 27.0. The summed E-state index contributed by atoms with van der Waals surface area (Å²) < 4.78 is 30.8. The largest absolute Gasteiger partial charge is 0.494 e. The summed E-state index contributed by atoms with van der Waals surface area (Å²) in [5.41, 5.74) is 1.84. The molecule has 3 heterocycles. The van der Waals surface area contributed by atoms with Gasteiger partial charge in [0.25, 0.3) is 0 Å². The van der Waals surface area contributed by atoms with Crippen LogP contribution in [0.5, 0.6) is 5.75 Å². The molecule has 40 heavy (non-hydrogen) atoms. The van der Waals surface area contributed by atoms with Crippen LogP contribution in [-0.2, 0) is 13.6 Å². The summed E-state index contributed by atoms with van der Waals surface area (Å²) in [7, 11) is -4.13. The SMILES string of the molecule is O=c1ccc2ccc(OCCCC[N+]3(COP(=O)(O)OCCBr)CCN(c4cccc5sccc45)CC3)cc2[nH]1. The molecule has 214 valence electrons. The van der Waals surface area contributed by atoms with Gasteiger partial charge in [0.2, 0.25) is 5.56 Å². The first-order valence-corrected chi connectivity index (χ1v) is 16.9. The number of pyridine rings is 1. The Hall–Kier alpha value is -2.24. The van der Waals surface area contributed by atoms with Crippen LogP contribution >= 0.6 is 35.1 Å². The van der Waals surface area contributed by atoms with Gasteiger partial charge in [0, 0.05) is 33.2 Å². The average Bonchev–Trinajstić information content (AvgIpc) is 3.45. The van der Waals surface area contributed by atoms with Gasteiger partial charge in [0.05, 0.1) is 51.5 Å². The Kier molecular flexibility index (Phi) is 9.63. The monoisotopic (exact) mass is 650 g/mol. The number of piperazine rings is 1. The van der Waals surface area contributed by atoms with Gasteiger partial charge in [-0.3, -0.25) is 13.8 Å². The van der Waals surface area contributed by atoms with E-state index in [1.165, 1.54) is 21.8 Å². The van der Waals surface area contributed by atoms with Crippen LogP contribution in [0.15, 0.2) is 64.8 Å². The molecule has 1 saturated heterocycles. The molecule has 2 aromatic carbocycles. The molecule has 2 N–H and O–H groups in total. The van der Waals surface area contributed by atoms with Crippen molar-refractivity contribution in [3.05, 3.63) is 70.3 Å². The highest BCUT2D eigenvalue weighted by Crippen LogP contribution is 2.44. The van der Waals surface area contributed by atoms with Crippen LogP contribution in [0.3, 0.4) is 0 Å². The zero-order chi connectivity index (χ0) is 28.0. The molecular weight excluding hydrogens is 617 g/mol. The molecule has 0 spiro atoms. The van der Waals surface area contributed by atoms with Gasteiger partial charge in [-0.1, -0.05) is 22.0 Å². The number of hydrogen-bond donors (Lipinski definition) is 2. The molecule has 4 aromatic rings. The normalized spacial score (nSPS) is 16.8. The maximum Gasteiger partial charge on any atom is 0.476 e. The number of phosphoric acid groups is 1. The standard InChI is InChI=1S/C28H33BrN3O6PS/c29-11-18-37-39(34,35)38-21-32(15-12-31(13-16-32)26-4-3-5-27-24(26)10-19-40-27)14-1-2-17-36-23-8-6-22-7-9-28(33)30-25(22)20-23/h3-10,19-20H,1-2,11-18,21H2,(H-,30,33,34,35)/p+1. The number of anilines is 1. The average molecular weight is 652 g/mol. The van der Waals surface area contributed by atoms with E-state index in [2.05, 4.69) is 55.5 Å². The summed E-state index contributed by atoms with van der Waals surface area (Å²) in [5, 5.41) is 4.80. The number of H-pyrrole nitrogens is 1. The summed E-state index contributed by atoms with van der Waals surface area (Å²) in [5.74, 6) is 0.711. The quantitative estimate of drug-likeness (QED) is 0.0825. The molecule has 0 bridgehead atoms. The van der Waals surface area contributed by atoms with E-state index in [1.807, 2.05) is 18.2 Å². The first-order chi connectivity index (χ1) is 19.4. The number of aromatic amines is 1. The Balaban J connectivity index is 1.19. The number of halogens is 1. The number of benzene rings is 2. The number of aromatic nitrogens is 1. The van der Waals surface area contributed by atoms with Crippen molar-refractivity contribution in [2.45, 2.75) is 12.8 Å². The third kappa shape index (κ3) is 7.33. The summed E-state index contributed by atoms with van der Waals surface area (Å²) in [6.45, 7) is 4.77. The van der Waals surface area contributed by atoms with Crippen LogP contribution in [-0.4, -0.2) is 72.4 Å². The highest BCUT2D eigenvalue weighted by molar-refractivity contribution is 9.09. The Labute approximate surface area is 245 Å². The number of quaternary nitrogens is 1. The molecule has 1 aliphatic heterocycles. The Morgan fingerprint density at radius 3 is 2.70 bits per heavy atom. The number of phosphoric ester groups is 1. The van der Waals surface area contributed by atoms with Gasteiger partial charge in [0.15, 0.2) is 6.73 Å². The number of alkyl halides is 1. The molecule has 1 unspecified atom stereocenters.